The van der Waals surface area contributed by atoms with Crippen LogP contribution in [0.15, 0.2) is 24.7 Å². The maximum absolute atomic E-state index is 5.43. The molecule has 0 spiro atoms. The summed E-state index contributed by atoms with van der Waals surface area (Å²) in [6.45, 7) is 0.486. The number of nitrogens with zero attached hydrogens (tertiary/aromatic N) is 3. The zero-order valence-corrected chi connectivity index (χ0v) is 5.44. The summed E-state index contributed by atoms with van der Waals surface area (Å²) in [7, 11) is 0. The van der Waals surface area contributed by atoms with E-state index < -0.39 is 0 Å². The molecule has 0 aliphatic carbocycles. The predicted octanol–water partition coefficient (Wildman–Crippen LogP) is 0.0520. The molecular weight excluding hydrogens is 128 g/mol. The van der Waals surface area contributed by atoms with Gasteiger partial charge in [-0.25, -0.2) is 9.50 Å². The van der Waals surface area contributed by atoms with Crippen molar-refractivity contribution in [3.05, 3.63) is 24.7 Å². The van der Waals surface area contributed by atoms with E-state index in [0.717, 1.165) is 5.65 Å². The first-order valence-corrected chi connectivity index (χ1v) is 3.10. The molecule has 2 N–H and O–H groups in total. The first-order valence-electron chi connectivity index (χ1n) is 3.10. The Labute approximate surface area is 57.9 Å². The second-order valence-electron chi connectivity index (χ2n) is 2.07. The van der Waals surface area contributed by atoms with Gasteiger partial charge in [0, 0.05) is 24.7 Å². The van der Waals surface area contributed by atoms with E-state index in [0.29, 0.717) is 6.67 Å². The highest BCUT2D eigenvalue weighted by molar-refractivity contribution is 5.35. The Kier molecular flexibility index (Phi) is 1.01. The van der Waals surface area contributed by atoms with Crippen LogP contribution in [0.25, 0.3) is 5.65 Å². The van der Waals surface area contributed by atoms with Crippen LogP contribution in [-0.2, 0) is 6.67 Å². The second-order valence-corrected chi connectivity index (χ2v) is 2.07. The van der Waals surface area contributed by atoms with Crippen LogP contribution in [0, 0.1) is 0 Å². The summed E-state index contributed by atoms with van der Waals surface area (Å²) >= 11 is 0. The molecule has 52 valence electrons. The number of hydrogen-bond donors (Lipinski definition) is 1. The molecule has 0 aliphatic heterocycles. The highest BCUT2D eigenvalue weighted by Crippen LogP contribution is 1.99. The smallest absolute Gasteiger partial charge is 0.152 e. The van der Waals surface area contributed by atoms with Crippen LogP contribution in [-0.4, -0.2) is 14.2 Å². The van der Waals surface area contributed by atoms with Crippen molar-refractivity contribution in [3.8, 4) is 0 Å². The molecule has 0 fully saturated rings. The molecule has 4 nitrogen and oxygen atoms in total. The highest BCUT2D eigenvalue weighted by Gasteiger charge is 1.95. The van der Waals surface area contributed by atoms with Crippen LogP contribution in [0.4, 0.5) is 0 Å². The minimum atomic E-state index is 0.486. The van der Waals surface area contributed by atoms with Gasteiger partial charge in [0.1, 0.15) is 0 Å². The zero-order chi connectivity index (χ0) is 6.97. The average Bonchev–Trinajstić information content (AvgIpc) is 2.44. The molecule has 0 saturated carbocycles. The molecule has 0 atom stereocenters. The van der Waals surface area contributed by atoms with E-state index >= 15 is 0 Å². The summed E-state index contributed by atoms with van der Waals surface area (Å²) in [4.78, 5) is 4.07. The first-order chi connectivity index (χ1) is 4.92. The maximum atomic E-state index is 5.43. The van der Waals surface area contributed by atoms with Crippen molar-refractivity contribution in [2.75, 3.05) is 0 Å². The van der Waals surface area contributed by atoms with Crippen molar-refractivity contribution in [2.45, 2.75) is 6.67 Å². The van der Waals surface area contributed by atoms with Crippen LogP contribution in [0.1, 0.15) is 0 Å². The number of aromatic nitrogens is 3. The van der Waals surface area contributed by atoms with Gasteiger partial charge in [0.2, 0.25) is 0 Å². The van der Waals surface area contributed by atoms with Crippen LogP contribution >= 0.6 is 0 Å². The largest absolute Gasteiger partial charge is 0.312 e. The normalized spacial score (nSPS) is 10.9. The van der Waals surface area contributed by atoms with Gasteiger partial charge in [-0.2, -0.15) is 0 Å². The van der Waals surface area contributed by atoms with Gasteiger partial charge < -0.3 is 5.73 Å². The minimum absolute atomic E-state index is 0.486. The van der Waals surface area contributed by atoms with Crippen molar-refractivity contribution in [1.82, 2.24) is 14.2 Å². The lowest BCUT2D eigenvalue weighted by Crippen LogP contribution is -2.10. The van der Waals surface area contributed by atoms with E-state index in [-0.39, 0.29) is 0 Å². The van der Waals surface area contributed by atoms with Crippen LogP contribution in [0.2, 0.25) is 0 Å². The van der Waals surface area contributed by atoms with Crippen molar-refractivity contribution in [1.29, 1.82) is 0 Å². The number of hydrogen-bond acceptors (Lipinski definition) is 2. The minimum Gasteiger partial charge on any atom is -0.312 e. The summed E-state index contributed by atoms with van der Waals surface area (Å²) in [5, 5.41) is 0. The molecule has 0 aliphatic rings. The number of nitrogens with two attached hydrogens (primary N) is 1. The molecule has 0 amide bonds. The van der Waals surface area contributed by atoms with E-state index in [9.17, 15) is 0 Å². The van der Waals surface area contributed by atoms with E-state index in [1.807, 2.05) is 27.7 Å². The molecule has 2 aromatic heterocycles. The van der Waals surface area contributed by atoms with E-state index in [4.69, 9.17) is 5.73 Å². The Morgan fingerprint density at radius 3 is 3.20 bits per heavy atom. The summed E-state index contributed by atoms with van der Waals surface area (Å²) in [5.74, 6) is 0. The third-order valence-electron chi connectivity index (χ3n) is 1.51. The molecule has 0 aromatic carbocycles. The van der Waals surface area contributed by atoms with Gasteiger partial charge in [-0.15, -0.1) is 0 Å². The summed E-state index contributed by atoms with van der Waals surface area (Å²) in [5.41, 5.74) is 6.37. The van der Waals surface area contributed by atoms with E-state index in [1.54, 1.807) is 6.20 Å². The average molecular weight is 136 g/mol. The van der Waals surface area contributed by atoms with Gasteiger partial charge in [-0.05, 0) is 0 Å². The first kappa shape index (κ1) is 5.49. The van der Waals surface area contributed by atoms with Gasteiger partial charge in [0.15, 0.2) is 5.65 Å². The molecule has 0 saturated heterocycles. The fourth-order valence-corrected chi connectivity index (χ4v) is 1.02. The van der Waals surface area contributed by atoms with Crippen LogP contribution in [0.5, 0.6) is 0 Å². The topological polar surface area (TPSA) is 48.2 Å². The van der Waals surface area contributed by atoms with Crippen molar-refractivity contribution in [3.63, 3.8) is 0 Å². The third-order valence-corrected chi connectivity index (χ3v) is 1.51. The van der Waals surface area contributed by atoms with Gasteiger partial charge in [0.05, 0.1) is 6.67 Å². The molecule has 10 heavy (non-hydrogen) atoms. The lowest BCUT2D eigenvalue weighted by atomic mass is 10.7. The van der Waals surface area contributed by atoms with Gasteiger partial charge in [0.25, 0.3) is 0 Å². The quantitative estimate of drug-likeness (QED) is 0.602. The fourth-order valence-electron chi connectivity index (χ4n) is 1.02. The fraction of sp³-hybridized carbons (Fsp3) is 0.167. The molecule has 4 heteroatoms. The van der Waals surface area contributed by atoms with Crippen LogP contribution in [0.3, 0.4) is 0 Å². The second kappa shape index (κ2) is 1.85. The molecule has 2 aromatic rings. The van der Waals surface area contributed by atoms with E-state index in [2.05, 4.69) is 4.98 Å². The predicted molar refractivity (Wildman–Crippen MR) is 37.4 cm³/mol. The van der Waals surface area contributed by atoms with Gasteiger partial charge >= 0.3 is 0 Å². The lowest BCUT2D eigenvalue weighted by molar-refractivity contribution is 0.600. The Hall–Kier alpha value is -1.29. The van der Waals surface area contributed by atoms with Crippen molar-refractivity contribution in [2.24, 2.45) is 5.73 Å². The van der Waals surface area contributed by atoms with Gasteiger partial charge in [-0.1, -0.05) is 0 Å². The zero-order valence-electron chi connectivity index (χ0n) is 5.44. The van der Waals surface area contributed by atoms with Crippen LogP contribution < -0.4 is 5.73 Å². The highest BCUT2D eigenvalue weighted by atomic mass is 15.4. The maximum Gasteiger partial charge on any atom is 0.152 e. The summed E-state index contributed by atoms with van der Waals surface area (Å²) in [6, 6.07) is 1.92. The Balaban J connectivity index is 2.76. The standard InChI is InChI=1S/C6H8N4/c7-5-9-3-1-6-8-2-4-10(6)9/h1-4H,5,7H2. The Morgan fingerprint density at radius 2 is 2.40 bits per heavy atom. The lowest BCUT2D eigenvalue weighted by Gasteiger charge is -1.97. The SMILES string of the molecule is NCn1ccc2nccn21. The number of fused-ring (bicyclic) bond motifs is 1. The molecular formula is C6H8N4. The molecule has 2 rings (SSSR count). The summed E-state index contributed by atoms with van der Waals surface area (Å²) < 4.78 is 3.78. The van der Waals surface area contributed by atoms with Crippen molar-refractivity contribution >= 4 is 5.65 Å². The Bertz CT molecular complexity index is 332. The molecule has 0 unspecified atom stereocenters. The number of rotatable bonds is 1. The van der Waals surface area contributed by atoms with Gasteiger partial charge in [-0.3, -0.25) is 4.68 Å². The molecule has 2 heterocycles. The monoisotopic (exact) mass is 136 g/mol. The number of imidazole rings is 1. The van der Waals surface area contributed by atoms with Crippen molar-refractivity contribution < 1.29 is 0 Å². The summed E-state index contributed by atoms with van der Waals surface area (Å²) in [6.07, 6.45) is 5.53. The Morgan fingerprint density at radius 1 is 1.50 bits per heavy atom. The van der Waals surface area contributed by atoms with E-state index in [1.165, 1.54) is 0 Å². The molecule has 0 bridgehead atoms. The third kappa shape index (κ3) is 0.563. The molecule has 0 radical (unpaired) electrons.